The predicted octanol–water partition coefficient (Wildman–Crippen LogP) is 1.58. The number of carboxylic acids is 1. The van der Waals surface area contributed by atoms with Crippen LogP contribution in [-0.2, 0) is 14.8 Å². The van der Waals surface area contributed by atoms with Crippen LogP contribution in [0.5, 0.6) is 0 Å². The lowest BCUT2D eigenvalue weighted by Crippen LogP contribution is -2.33. The van der Waals surface area contributed by atoms with Crippen LogP contribution in [0, 0.1) is 6.92 Å². The lowest BCUT2D eigenvalue weighted by Gasteiger charge is -2.10. The van der Waals surface area contributed by atoms with Crippen molar-refractivity contribution in [2.45, 2.75) is 11.8 Å². The molecule has 1 atom stereocenters. The Balaban J connectivity index is 2.27. The van der Waals surface area contributed by atoms with E-state index in [1.165, 1.54) is 26.2 Å². The zero-order valence-corrected chi connectivity index (χ0v) is 16.0. The van der Waals surface area contributed by atoms with E-state index in [0.29, 0.717) is 10.8 Å². The summed E-state index contributed by atoms with van der Waals surface area (Å²) >= 11 is 0. The van der Waals surface area contributed by atoms with Gasteiger partial charge in [-0.05, 0) is 31.2 Å². The Morgan fingerprint density at radius 3 is 2.38 bits per heavy atom. The summed E-state index contributed by atoms with van der Waals surface area (Å²) in [6, 6.07) is 5.67. The van der Waals surface area contributed by atoms with Gasteiger partial charge in [0.15, 0.2) is 10.3 Å². The maximum atomic E-state index is 12.1. The number of aromatic nitrogens is 1. The van der Waals surface area contributed by atoms with E-state index in [9.17, 15) is 18.0 Å². The molecule has 0 radical (unpaired) electrons. The van der Waals surface area contributed by atoms with Gasteiger partial charge in [0.2, 0.25) is 10.0 Å². The van der Waals surface area contributed by atoms with Crippen LogP contribution >= 0.6 is 10.5 Å². The number of hydrogen-bond donors (Lipinski definition) is 3. The van der Waals surface area contributed by atoms with Crippen molar-refractivity contribution in [3.8, 4) is 4.90 Å². The third-order valence-corrected chi connectivity index (χ3v) is 7.05. The van der Waals surface area contributed by atoms with Crippen LogP contribution in [0.3, 0.4) is 0 Å². The lowest BCUT2D eigenvalue weighted by atomic mass is 10.4. The molecule has 0 aliphatic rings. The highest BCUT2D eigenvalue weighted by Gasteiger charge is 2.24. The smallest absolute Gasteiger partial charge is 0.353 e. The molecular weight excluding hydrogens is 380 g/mol. The number of carbonyl (C=O) groups excluding carboxylic acids is 1. The van der Waals surface area contributed by atoms with E-state index < -0.39 is 39.0 Å². The minimum atomic E-state index is -3.52. The molecule has 0 fully saturated rings. The third kappa shape index (κ3) is 4.56. The van der Waals surface area contributed by atoms with Gasteiger partial charge in [-0.25, -0.2) is 22.8 Å². The van der Waals surface area contributed by atoms with Gasteiger partial charge in [0.25, 0.3) is 0 Å². The molecule has 0 saturated heterocycles. The number of nitrogens with zero attached hydrogens (tertiary/aromatic N) is 2. The van der Waals surface area contributed by atoms with Crippen LogP contribution in [0.15, 0.2) is 34.5 Å². The van der Waals surface area contributed by atoms with Gasteiger partial charge in [0, 0.05) is 14.1 Å². The fraction of sp³-hybridized carbons (Fsp3) is 0.267. The molecule has 2 amide bonds. The number of urea groups is 1. The number of aliphatic carboxylic acids is 1. The van der Waals surface area contributed by atoms with E-state index in [4.69, 9.17) is 5.11 Å². The van der Waals surface area contributed by atoms with E-state index in [-0.39, 0.29) is 4.90 Å². The summed E-state index contributed by atoms with van der Waals surface area (Å²) in [4.78, 5) is 27.5. The molecule has 0 aliphatic carbocycles. The van der Waals surface area contributed by atoms with E-state index in [1.54, 1.807) is 19.1 Å². The van der Waals surface area contributed by atoms with Gasteiger partial charge in [0.1, 0.15) is 6.54 Å². The number of nitrogens with one attached hydrogen (secondary N) is 2. The molecule has 9 nitrogen and oxygen atoms in total. The molecule has 1 aromatic heterocycles. The maximum Gasteiger partial charge on any atom is 0.353 e. The van der Waals surface area contributed by atoms with Gasteiger partial charge in [-0.2, -0.15) is 4.98 Å². The van der Waals surface area contributed by atoms with Crippen LogP contribution in [0.4, 0.5) is 9.93 Å². The molecule has 2 aromatic rings. The molecular formula is C15H19N4O5S2+. The second kappa shape index (κ2) is 7.81. The molecule has 26 heavy (non-hydrogen) atoms. The molecule has 140 valence electrons. The minimum Gasteiger partial charge on any atom is -0.480 e. The molecule has 1 unspecified atom stereocenters. The molecule has 11 heteroatoms. The summed E-state index contributed by atoms with van der Waals surface area (Å²) < 4.78 is 25.4. The van der Waals surface area contributed by atoms with Crippen LogP contribution < -0.4 is 10.6 Å². The van der Waals surface area contributed by atoms with Gasteiger partial charge >= 0.3 is 17.1 Å². The van der Waals surface area contributed by atoms with Crippen LogP contribution in [0.1, 0.15) is 5.69 Å². The van der Waals surface area contributed by atoms with E-state index in [1.807, 2.05) is 5.38 Å². The Morgan fingerprint density at radius 2 is 1.85 bits per heavy atom. The number of benzene rings is 1. The van der Waals surface area contributed by atoms with Gasteiger partial charge in [-0.1, -0.05) is 0 Å². The number of sulfonamides is 1. The first-order chi connectivity index (χ1) is 12.1. The van der Waals surface area contributed by atoms with Crippen LogP contribution in [0.2, 0.25) is 0 Å². The lowest BCUT2D eigenvalue weighted by molar-refractivity contribution is -0.135. The Labute approximate surface area is 153 Å². The normalized spacial score (nSPS) is 12.1. The molecule has 0 bridgehead atoms. The average Bonchev–Trinajstić information content (AvgIpc) is 2.93. The highest BCUT2D eigenvalue weighted by atomic mass is 32.2. The monoisotopic (exact) mass is 399 g/mol. The molecule has 3 N–H and O–H groups in total. The van der Waals surface area contributed by atoms with Gasteiger partial charge in [0.05, 0.1) is 21.1 Å². The highest BCUT2D eigenvalue weighted by molar-refractivity contribution is 7.89. The second-order valence-electron chi connectivity index (χ2n) is 5.47. The first kappa shape index (κ1) is 19.8. The van der Waals surface area contributed by atoms with Crippen molar-refractivity contribution in [3.63, 3.8) is 0 Å². The summed E-state index contributed by atoms with van der Waals surface area (Å²) in [5, 5.41) is 15.6. The average molecular weight is 399 g/mol. The molecule has 1 aromatic carbocycles. The SMILES string of the molecule is Cc1c[s+](-c2ccc(S(=O)(=O)N(C)C)cc2)c(NC(=O)NCC(=O)O)n1. The van der Waals surface area contributed by atoms with Crippen molar-refractivity contribution in [1.82, 2.24) is 14.6 Å². The van der Waals surface area contributed by atoms with Gasteiger partial charge < -0.3 is 10.4 Å². The number of aryl methyl sites for hydroxylation is 1. The summed E-state index contributed by atoms with van der Waals surface area (Å²) in [7, 11) is -1.29. The Morgan fingerprint density at radius 1 is 1.23 bits per heavy atom. The summed E-state index contributed by atoms with van der Waals surface area (Å²) in [5.74, 6) is -1.15. The fourth-order valence-corrected chi connectivity index (χ4v) is 4.63. The van der Waals surface area contributed by atoms with E-state index in [2.05, 4.69) is 15.6 Å². The first-order valence-corrected chi connectivity index (χ1v) is 10.1. The summed E-state index contributed by atoms with van der Waals surface area (Å²) in [5.41, 5.74) is 0.701. The van der Waals surface area contributed by atoms with Crippen LogP contribution in [0.25, 0.3) is 4.90 Å². The zero-order valence-electron chi connectivity index (χ0n) is 14.4. The van der Waals surface area contributed by atoms with E-state index in [0.717, 1.165) is 9.20 Å². The zero-order chi connectivity index (χ0) is 19.5. The number of carboxylic acid groups (broad SMARTS) is 1. The second-order valence-corrected chi connectivity index (χ2v) is 9.40. The number of amides is 2. The Bertz CT molecular complexity index is 920. The maximum absolute atomic E-state index is 12.1. The highest BCUT2D eigenvalue weighted by Crippen LogP contribution is 2.39. The largest absolute Gasteiger partial charge is 0.480 e. The van der Waals surface area contributed by atoms with Crippen molar-refractivity contribution in [3.05, 3.63) is 35.3 Å². The molecule has 0 aliphatic heterocycles. The minimum absolute atomic E-state index is 0.167. The van der Waals surface area contributed by atoms with Crippen molar-refractivity contribution < 1.29 is 23.1 Å². The fourth-order valence-electron chi connectivity index (χ4n) is 1.99. The molecule has 1 heterocycles. The van der Waals surface area contributed by atoms with Crippen molar-refractivity contribution in [2.75, 3.05) is 26.0 Å². The third-order valence-electron chi connectivity index (χ3n) is 3.25. The summed E-state index contributed by atoms with van der Waals surface area (Å²) in [6.07, 6.45) is 0. The standard InChI is InChI=1S/C15H18N4O5S2/c1-10-9-25(15(17-10)18-14(22)16-8-13(20)21)11-4-6-12(7-5-11)26(23,24)19(2)3/h4-7,9H,8H2,1-3H3,(H2-,16,17,18,20,21,22)/p+1. The Hall–Kier alpha value is -2.50. The predicted molar refractivity (Wildman–Crippen MR) is 98.3 cm³/mol. The molecule has 0 spiro atoms. The van der Waals surface area contributed by atoms with Crippen molar-refractivity contribution >= 4 is 37.6 Å². The quantitative estimate of drug-likeness (QED) is 0.633. The number of anilines is 1. The number of rotatable bonds is 6. The topological polar surface area (TPSA) is 129 Å². The Kier molecular flexibility index (Phi) is 5.95. The van der Waals surface area contributed by atoms with Crippen molar-refractivity contribution in [2.24, 2.45) is 0 Å². The number of hydrogen-bond acceptors (Lipinski definition) is 5. The summed E-state index contributed by atoms with van der Waals surface area (Å²) in [6.45, 7) is 1.27. The number of carbonyl (C=O) groups is 2. The van der Waals surface area contributed by atoms with Crippen LogP contribution in [-0.4, -0.2) is 55.5 Å². The molecule has 0 saturated carbocycles. The first-order valence-electron chi connectivity index (χ1n) is 7.40. The number of thiazole rings is 1. The van der Waals surface area contributed by atoms with E-state index >= 15 is 0 Å². The molecule has 2 rings (SSSR count). The van der Waals surface area contributed by atoms with Gasteiger partial charge in [-0.3, -0.25) is 4.79 Å². The van der Waals surface area contributed by atoms with Crippen molar-refractivity contribution in [1.29, 1.82) is 0 Å². The van der Waals surface area contributed by atoms with Gasteiger partial charge in [-0.15, -0.1) is 0 Å².